The van der Waals surface area contributed by atoms with Gasteiger partial charge in [0.2, 0.25) is 0 Å². The molecule has 2 nitrogen and oxygen atoms in total. The van der Waals surface area contributed by atoms with Crippen molar-refractivity contribution >= 4 is 6.08 Å². The Kier molecular flexibility index (Phi) is 4.38. The van der Waals surface area contributed by atoms with Crippen molar-refractivity contribution in [1.29, 1.82) is 0 Å². The summed E-state index contributed by atoms with van der Waals surface area (Å²) in [5.74, 6) is -0.623. The first kappa shape index (κ1) is 19.2. The number of fused-ring (bicyclic) bond motifs is 2. The molecule has 0 saturated heterocycles. The fourth-order valence-electron chi connectivity index (χ4n) is 4.92. The molecule has 1 heterocycles. The molecular formula is C25H22F3N2. The van der Waals surface area contributed by atoms with Crippen LogP contribution in [0.5, 0.6) is 0 Å². The standard InChI is InChI=1S/C25H22F3N2/c1-24-15-18-16-29-30(22-10-8-21(27)9-11-22)23(18)13-19(24)3-2-12-25(24,28)14-17-4-6-20(26)7-5-17/h4-11,13-14,16H,2-3,12,15H2,1H3/t24-,25-/m0/s1. The van der Waals surface area contributed by atoms with Crippen LogP contribution in [-0.2, 0) is 6.42 Å². The van der Waals surface area contributed by atoms with E-state index >= 15 is 4.39 Å². The van der Waals surface area contributed by atoms with E-state index in [0.29, 0.717) is 18.4 Å². The van der Waals surface area contributed by atoms with Gasteiger partial charge in [-0.15, -0.1) is 0 Å². The number of nitrogens with zero attached hydrogens (tertiary/aromatic N) is 2. The molecule has 2 aliphatic rings. The number of allylic oxidation sites excluding steroid dienone is 1. The number of hydrogen-bond acceptors (Lipinski definition) is 1. The molecule has 0 amide bonds. The smallest absolute Gasteiger partial charge is 0.127 e. The maximum Gasteiger partial charge on any atom is 0.127 e. The molecule has 0 aliphatic heterocycles. The summed E-state index contributed by atoms with van der Waals surface area (Å²) >= 11 is 0. The van der Waals surface area contributed by atoms with Crippen LogP contribution in [0.2, 0.25) is 0 Å². The molecule has 153 valence electrons. The van der Waals surface area contributed by atoms with Crippen LogP contribution in [0.3, 0.4) is 0 Å². The van der Waals surface area contributed by atoms with Crippen molar-refractivity contribution in [2.24, 2.45) is 5.41 Å². The third-order valence-electron chi connectivity index (χ3n) is 6.69. The van der Waals surface area contributed by atoms with Gasteiger partial charge in [-0.1, -0.05) is 24.6 Å². The highest BCUT2D eigenvalue weighted by molar-refractivity contribution is 5.62. The highest BCUT2D eigenvalue weighted by Crippen LogP contribution is 2.56. The van der Waals surface area contributed by atoms with Gasteiger partial charge in [0.25, 0.3) is 0 Å². The van der Waals surface area contributed by atoms with E-state index < -0.39 is 11.1 Å². The summed E-state index contributed by atoms with van der Waals surface area (Å²) < 4.78 is 44.9. The van der Waals surface area contributed by atoms with E-state index in [2.05, 4.69) is 11.2 Å². The van der Waals surface area contributed by atoms with Crippen molar-refractivity contribution < 1.29 is 13.2 Å². The predicted molar refractivity (Wildman–Crippen MR) is 111 cm³/mol. The van der Waals surface area contributed by atoms with Crippen LogP contribution in [-0.4, -0.2) is 15.4 Å². The number of hydrogen-bond donors (Lipinski definition) is 0. The largest absolute Gasteiger partial charge is 0.242 e. The molecule has 1 fully saturated rings. The van der Waals surface area contributed by atoms with Gasteiger partial charge >= 0.3 is 0 Å². The van der Waals surface area contributed by atoms with E-state index in [-0.39, 0.29) is 11.6 Å². The van der Waals surface area contributed by atoms with Gasteiger partial charge < -0.3 is 0 Å². The summed E-state index contributed by atoms with van der Waals surface area (Å²) in [5, 5.41) is 4.50. The molecule has 0 bridgehead atoms. The van der Waals surface area contributed by atoms with Crippen LogP contribution in [0.1, 0.15) is 43.0 Å². The summed E-state index contributed by atoms with van der Waals surface area (Å²) in [4.78, 5) is 0. The average Bonchev–Trinajstić information content (AvgIpc) is 3.12. The second-order valence-electron chi connectivity index (χ2n) is 8.53. The van der Waals surface area contributed by atoms with Crippen LogP contribution in [0, 0.1) is 23.5 Å². The monoisotopic (exact) mass is 407 g/mol. The third kappa shape index (κ3) is 2.99. The molecule has 2 atom stereocenters. The molecule has 3 aromatic rings. The number of alkyl halides is 1. The first-order valence-electron chi connectivity index (χ1n) is 10.2. The van der Waals surface area contributed by atoms with Crippen molar-refractivity contribution in [2.75, 3.05) is 0 Å². The normalized spacial score (nSPS) is 25.4. The molecule has 1 saturated carbocycles. The zero-order valence-corrected chi connectivity index (χ0v) is 16.7. The first-order valence-corrected chi connectivity index (χ1v) is 10.2. The molecule has 5 rings (SSSR count). The topological polar surface area (TPSA) is 17.8 Å². The quantitative estimate of drug-likeness (QED) is 0.502. The van der Waals surface area contributed by atoms with Crippen molar-refractivity contribution in [3.8, 4) is 5.69 Å². The van der Waals surface area contributed by atoms with Gasteiger partial charge in [0.05, 0.1) is 17.6 Å². The van der Waals surface area contributed by atoms with E-state index in [1.165, 1.54) is 24.3 Å². The Hall–Kier alpha value is -2.82. The average molecular weight is 407 g/mol. The minimum absolute atomic E-state index is 0.295. The fraction of sp³-hybridized carbons (Fsp3) is 0.280. The lowest BCUT2D eigenvalue weighted by Gasteiger charge is -2.50. The van der Waals surface area contributed by atoms with Gasteiger partial charge in [-0.3, -0.25) is 0 Å². The molecule has 0 N–H and O–H groups in total. The Labute approximate surface area is 174 Å². The lowest BCUT2D eigenvalue weighted by molar-refractivity contribution is 0.0336. The van der Waals surface area contributed by atoms with Gasteiger partial charge in [0.15, 0.2) is 0 Å². The van der Waals surface area contributed by atoms with Crippen LogP contribution in [0.4, 0.5) is 13.2 Å². The minimum atomic E-state index is -1.54. The van der Waals surface area contributed by atoms with E-state index in [0.717, 1.165) is 35.4 Å². The van der Waals surface area contributed by atoms with Crippen LogP contribution >= 0.6 is 0 Å². The molecule has 5 heteroatoms. The van der Waals surface area contributed by atoms with Crippen LogP contribution in [0.25, 0.3) is 11.8 Å². The summed E-state index contributed by atoms with van der Waals surface area (Å²) in [7, 11) is 0. The van der Waals surface area contributed by atoms with Gasteiger partial charge in [0, 0.05) is 11.8 Å². The van der Waals surface area contributed by atoms with Crippen molar-refractivity contribution in [1.82, 2.24) is 9.78 Å². The van der Waals surface area contributed by atoms with E-state index in [1.807, 2.05) is 6.92 Å². The molecule has 30 heavy (non-hydrogen) atoms. The lowest BCUT2D eigenvalue weighted by atomic mass is 9.56. The summed E-state index contributed by atoms with van der Waals surface area (Å²) in [6.07, 6.45) is 8.03. The number of rotatable bonds is 3. The Morgan fingerprint density at radius 2 is 1.67 bits per heavy atom. The SMILES string of the molecule is C[C@]12Cc3cnn(-c4ccc(F)cc4)c3C=C1CCC[C@]2(F)[CH]c1ccc(F)cc1. The van der Waals surface area contributed by atoms with Crippen LogP contribution in [0.15, 0.2) is 60.3 Å². The fourth-order valence-corrected chi connectivity index (χ4v) is 4.92. The van der Waals surface area contributed by atoms with E-state index in [1.54, 1.807) is 41.6 Å². The molecule has 1 aromatic heterocycles. The maximum absolute atomic E-state index is 16.5. The number of aromatic nitrogens is 2. The summed E-state index contributed by atoms with van der Waals surface area (Å²) in [5.41, 5.74) is 2.20. The van der Waals surface area contributed by atoms with Gasteiger partial charge in [-0.05, 0) is 79.3 Å². The molecule has 2 aliphatic carbocycles. The van der Waals surface area contributed by atoms with Crippen LogP contribution < -0.4 is 0 Å². The Balaban J connectivity index is 1.52. The molecular weight excluding hydrogens is 385 g/mol. The number of benzene rings is 2. The van der Waals surface area contributed by atoms with Gasteiger partial charge in [-0.2, -0.15) is 5.10 Å². The van der Waals surface area contributed by atoms with E-state index in [4.69, 9.17) is 0 Å². The minimum Gasteiger partial charge on any atom is -0.242 e. The molecule has 1 radical (unpaired) electrons. The zero-order valence-electron chi connectivity index (χ0n) is 16.7. The predicted octanol–water partition coefficient (Wildman–Crippen LogP) is 6.24. The highest BCUT2D eigenvalue weighted by Gasteiger charge is 2.54. The molecule has 0 unspecified atom stereocenters. The highest BCUT2D eigenvalue weighted by atomic mass is 19.1. The first-order chi connectivity index (χ1) is 14.4. The van der Waals surface area contributed by atoms with Crippen molar-refractivity contribution in [3.63, 3.8) is 0 Å². The number of halogens is 3. The Morgan fingerprint density at radius 1 is 1.00 bits per heavy atom. The summed E-state index contributed by atoms with van der Waals surface area (Å²) in [6.45, 7) is 1.98. The van der Waals surface area contributed by atoms with E-state index in [9.17, 15) is 8.78 Å². The second-order valence-corrected chi connectivity index (χ2v) is 8.53. The van der Waals surface area contributed by atoms with Gasteiger partial charge in [0.1, 0.15) is 17.3 Å². The Bertz CT molecular complexity index is 1110. The van der Waals surface area contributed by atoms with Crippen molar-refractivity contribution in [2.45, 2.75) is 38.3 Å². The lowest BCUT2D eigenvalue weighted by Crippen LogP contribution is -2.49. The Morgan fingerprint density at radius 3 is 2.37 bits per heavy atom. The van der Waals surface area contributed by atoms with Crippen molar-refractivity contribution in [3.05, 3.63) is 95.2 Å². The third-order valence-corrected chi connectivity index (χ3v) is 6.69. The molecule has 2 aromatic carbocycles. The summed E-state index contributed by atoms with van der Waals surface area (Å²) in [6, 6.07) is 12.2. The maximum atomic E-state index is 16.5. The molecule has 0 spiro atoms. The zero-order chi connectivity index (χ0) is 20.9. The second kappa shape index (κ2) is 6.86. The van der Waals surface area contributed by atoms with Gasteiger partial charge in [-0.25, -0.2) is 17.9 Å².